The highest BCUT2D eigenvalue weighted by atomic mass is 15.7. The van der Waals surface area contributed by atoms with Gasteiger partial charge in [-0.05, 0) is 41.1 Å². The van der Waals surface area contributed by atoms with Crippen LogP contribution >= 0.6 is 0 Å². The molecule has 0 aliphatic carbocycles. The topological polar surface area (TPSA) is 9.72 Å². The molecule has 0 aromatic heterocycles. The summed E-state index contributed by atoms with van der Waals surface area (Å²) in [6, 6.07) is 16.3. The summed E-state index contributed by atoms with van der Waals surface area (Å²) in [6.07, 6.45) is 1.88. The van der Waals surface area contributed by atoms with Gasteiger partial charge in [-0.1, -0.05) is 64.0 Å². The molecule has 2 aromatic rings. The zero-order valence-electron chi connectivity index (χ0n) is 19.2. The number of hydrogen-bond acceptors (Lipinski definition) is 3. The summed E-state index contributed by atoms with van der Waals surface area (Å²) in [5.41, 5.74) is 5.42. The Morgan fingerprint density at radius 3 is 2.35 bits per heavy atom. The van der Waals surface area contributed by atoms with Crippen LogP contribution in [0.15, 0.2) is 54.7 Å². The van der Waals surface area contributed by atoms with Crippen molar-refractivity contribution in [3.63, 3.8) is 0 Å². The van der Waals surface area contributed by atoms with Gasteiger partial charge in [-0.2, -0.15) is 0 Å². The second-order valence-corrected chi connectivity index (χ2v) is 8.27. The van der Waals surface area contributed by atoms with Gasteiger partial charge in [0.05, 0.1) is 11.4 Å². The molecule has 0 amide bonds. The number of anilines is 2. The van der Waals surface area contributed by atoms with E-state index in [2.05, 4.69) is 68.0 Å². The minimum atomic E-state index is -2.21. The van der Waals surface area contributed by atoms with E-state index in [1.54, 1.807) is 4.90 Å². The zero-order chi connectivity index (χ0) is 21.1. The molecule has 0 saturated heterocycles. The SMILES string of the molecule is [2H]C([2H])([2H])N1c2ccccc2N(N2C=C(C(C)(C)C)c3ccccc3B2C)[C@H]1C. The maximum Gasteiger partial charge on any atom is 0.311 e. The molecule has 0 fully saturated rings. The highest BCUT2D eigenvalue weighted by Crippen LogP contribution is 2.42. The molecule has 0 unspecified atom stereocenters. The van der Waals surface area contributed by atoms with E-state index >= 15 is 0 Å². The van der Waals surface area contributed by atoms with Crippen molar-refractivity contribution >= 4 is 29.3 Å². The fourth-order valence-corrected chi connectivity index (χ4v) is 4.10. The van der Waals surface area contributed by atoms with Gasteiger partial charge in [0, 0.05) is 17.3 Å². The third kappa shape index (κ3) is 2.43. The first-order chi connectivity index (χ1) is 13.5. The third-order valence-electron chi connectivity index (χ3n) is 5.53. The molecule has 2 aromatic carbocycles. The molecule has 0 saturated carbocycles. The van der Waals surface area contributed by atoms with Crippen LogP contribution in [0, 0.1) is 5.41 Å². The van der Waals surface area contributed by atoms with Gasteiger partial charge in [-0.25, -0.2) is 0 Å². The lowest BCUT2D eigenvalue weighted by Crippen LogP contribution is -2.59. The van der Waals surface area contributed by atoms with Crippen molar-refractivity contribution in [2.75, 3.05) is 16.9 Å². The van der Waals surface area contributed by atoms with Gasteiger partial charge in [0.25, 0.3) is 0 Å². The number of allylic oxidation sites excluding steroid dienone is 1. The lowest BCUT2D eigenvalue weighted by Gasteiger charge is -2.45. The first-order valence-corrected chi connectivity index (χ1v) is 9.29. The smallest absolute Gasteiger partial charge is 0.311 e. The van der Waals surface area contributed by atoms with Gasteiger partial charge >= 0.3 is 6.85 Å². The van der Waals surface area contributed by atoms with E-state index in [9.17, 15) is 0 Å². The quantitative estimate of drug-likeness (QED) is 0.706. The van der Waals surface area contributed by atoms with Crippen molar-refractivity contribution in [1.82, 2.24) is 4.92 Å². The highest BCUT2D eigenvalue weighted by Gasteiger charge is 2.40. The van der Waals surface area contributed by atoms with Crippen LogP contribution in [0.25, 0.3) is 5.57 Å². The average molecular weight is 348 g/mol. The Morgan fingerprint density at radius 2 is 1.65 bits per heavy atom. The Morgan fingerprint density at radius 1 is 1.00 bits per heavy atom. The molecular formula is C22H28BN3. The number of para-hydroxylation sites is 2. The normalized spacial score (nSPS) is 21.7. The molecule has 3 nitrogen and oxygen atoms in total. The fraction of sp³-hybridized carbons (Fsp3) is 0.364. The summed E-state index contributed by atoms with van der Waals surface area (Å²) in [7, 11) is 0. The Balaban J connectivity index is 1.88. The Kier molecular flexibility index (Phi) is 3.10. The zero-order valence-corrected chi connectivity index (χ0v) is 16.2. The van der Waals surface area contributed by atoms with E-state index in [1.807, 2.05) is 31.2 Å². The molecule has 26 heavy (non-hydrogen) atoms. The Hall–Kier alpha value is -2.36. The first-order valence-electron chi connectivity index (χ1n) is 10.8. The van der Waals surface area contributed by atoms with Crippen LogP contribution in [-0.2, 0) is 0 Å². The average Bonchev–Trinajstić information content (AvgIpc) is 2.93. The van der Waals surface area contributed by atoms with E-state index in [4.69, 9.17) is 4.11 Å². The molecule has 4 rings (SSSR count). The van der Waals surface area contributed by atoms with Crippen molar-refractivity contribution in [3.05, 3.63) is 60.3 Å². The molecule has 0 spiro atoms. The monoisotopic (exact) mass is 348 g/mol. The van der Waals surface area contributed by atoms with E-state index in [0.717, 1.165) is 11.4 Å². The summed E-state index contributed by atoms with van der Waals surface area (Å²) >= 11 is 0. The van der Waals surface area contributed by atoms with Gasteiger partial charge in [-0.3, -0.25) is 5.01 Å². The number of nitrogens with zero attached hydrogens (tertiary/aromatic N) is 3. The maximum absolute atomic E-state index is 8.10. The number of rotatable bonds is 1. The molecule has 1 atom stereocenters. The van der Waals surface area contributed by atoms with Gasteiger partial charge in [0.2, 0.25) is 0 Å². The highest BCUT2D eigenvalue weighted by molar-refractivity contribution is 6.71. The molecule has 2 aliphatic rings. The van der Waals surface area contributed by atoms with E-state index in [1.165, 1.54) is 16.6 Å². The number of hydrazine groups is 1. The molecule has 0 N–H and O–H groups in total. The maximum atomic E-state index is 8.10. The van der Waals surface area contributed by atoms with Gasteiger partial charge in [0.1, 0.15) is 6.17 Å². The minimum absolute atomic E-state index is 0.0410. The molecular weight excluding hydrogens is 317 g/mol. The van der Waals surface area contributed by atoms with Crippen molar-refractivity contribution in [2.45, 2.75) is 40.7 Å². The first kappa shape index (κ1) is 13.8. The Labute approximate surface area is 162 Å². The standard InChI is InChI=1S/C22H28BN3/c1-16-24(6)20-13-9-10-14-21(20)26(16)25-15-18(22(2,3)4)17-11-7-8-12-19(17)23(25)5/h7-16H,1-6H3/t16-/m0/s1/i6D3. The van der Waals surface area contributed by atoms with Gasteiger partial charge in [0.15, 0.2) is 0 Å². The second-order valence-electron chi connectivity index (χ2n) is 8.27. The lowest BCUT2D eigenvalue weighted by molar-refractivity contribution is 0.456. The number of benzene rings is 2. The Bertz CT molecular complexity index is 964. The second kappa shape index (κ2) is 5.83. The fourth-order valence-electron chi connectivity index (χ4n) is 4.10. The van der Waals surface area contributed by atoms with Crippen LogP contribution in [0.1, 0.15) is 37.4 Å². The van der Waals surface area contributed by atoms with Gasteiger partial charge < -0.3 is 9.82 Å². The van der Waals surface area contributed by atoms with Crippen LogP contribution in [0.5, 0.6) is 0 Å². The largest absolute Gasteiger partial charge is 0.351 e. The molecule has 4 heteroatoms. The van der Waals surface area contributed by atoms with E-state index < -0.39 is 6.98 Å². The van der Waals surface area contributed by atoms with Crippen molar-refractivity contribution in [1.29, 1.82) is 0 Å². The molecule has 134 valence electrons. The number of fused-ring (bicyclic) bond motifs is 2. The molecule has 0 bridgehead atoms. The van der Waals surface area contributed by atoms with E-state index in [-0.39, 0.29) is 18.4 Å². The summed E-state index contributed by atoms with van der Waals surface area (Å²) in [6.45, 7) is 8.69. The van der Waals surface area contributed by atoms with Crippen molar-refractivity contribution < 1.29 is 4.11 Å². The van der Waals surface area contributed by atoms with Crippen molar-refractivity contribution in [2.24, 2.45) is 5.41 Å². The summed E-state index contributed by atoms with van der Waals surface area (Å²) < 4.78 is 24.3. The van der Waals surface area contributed by atoms with Crippen LogP contribution in [-0.4, -0.2) is 24.9 Å². The number of hydrogen-bond donors (Lipinski definition) is 0. The predicted molar refractivity (Wildman–Crippen MR) is 114 cm³/mol. The molecule has 2 aliphatic heterocycles. The summed E-state index contributed by atoms with van der Waals surface area (Å²) in [5, 5.41) is 2.13. The van der Waals surface area contributed by atoms with Crippen LogP contribution < -0.4 is 15.4 Å². The van der Waals surface area contributed by atoms with E-state index in [0.29, 0.717) is 0 Å². The third-order valence-corrected chi connectivity index (χ3v) is 5.53. The minimum Gasteiger partial charge on any atom is -0.351 e. The summed E-state index contributed by atoms with van der Waals surface area (Å²) in [5.74, 6) is 0. The van der Waals surface area contributed by atoms with Gasteiger partial charge in [-0.15, -0.1) is 0 Å². The predicted octanol–water partition coefficient (Wildman–Crippen LogP) is 4.43. The molecule has 0 radical (unpaired) electrons. The van der Waals surface area contributed by atoms with Crippen LogP contribution in [0.3, 0.4) is 0 Å². The lowest BCUT2D eigenvalue weighted by atomic mass is 9.53. The molecule has 2 heterocycles. The summed E-state index contributed by atoms with van der Waals surface area (Å²) in [4.78, 5) is 3.76. The van der Waals surface area contributed by atoms with Crippen LogP contribution in [0.4, 0.5) is 11.4 Å². The van der Waals surface area contributed by atoms with Crippen LogP contribution in [0.2, 0.25) is 6.82 Å². The van der Waals surface area contributed by atoms with Crippen molar-refractivity contribution in [3.8, 4) is 0 Å².